The number of nitrogens with zero attached hydrogens (tertiary/aromatic N) is 2. The summed E-state index contributed by atoms with van der Waals surface area (Å²) in [6, 6.07) is 8.17. The minimum absolute atomic E-state index is 0.625. The summed E-state index contributed by atoms with van der Waals surface area (Å²) < 4.78 is 5.42. The molecule has 106 valence electrons. The molecule has 0 atom stereocenters. The summed E-state index contributed by atoms with van der Waals surface area (Å²) in [5, 5.41) is 6.49. The van der Waals surface area contributed by atoms with Crippen molar-refractivity contribution in [1.82, 2.24) is 9.97 Å². The highest BCUT2D eigenvalue weighted by Crippen LogP contribution is 2.32. The smallest absolute Gasteiger partial charge is 0.204 e. The maximum atomic E-state index is 5.42. The lowest BCUT2D eigenvalue weighted by Gasteiger charge is -2.15. The Kier molecular flexibility index (Phi) is 4.76. The van der Waals surface area contributed by atoms with Gasteiger partial charge in [-0.15, -0.1) is 0 Å². The van der Waals surface area contributed by atoms with E-state index in [1.165, 1.54) is 11.9 Å². The second-order valence-electron chi connectivity index (χ2n) is 4.27. The molecule has 0 amide bonds. The quantitative estimate of drug-likeness (QED) is 0.845. The maximum Gasteiger partial charge on any atom is 0.204 e. The molecular formula is C15H20N4O. The molecular weight excluding hydrogens is 252 g/mol. The van der Waals surface area contributed by atoms with E-state index >= 15 is 0 Å². The summed E-state index contributed by atoms with van der Waals surface area (Å²) in [5.74, 6) is 1.99. The maximum absolute atomic E-state index is 5.42. The van der Waals surface area contributed by atoms with Crippen LogP contribution in [-0.4, -0.2) is 23.6 Å². The molecule has 0 aliphatic heterocycles. The molecule has 1 heterocycles. The van der Waals surface area contributed by atoms with Gasteiger partial charge in [-0.3, -0.25) is 0 Å². The van der Waals surface area contributed by atoms with Crippen LogP contribution in [0, 0.1) is 0 Å². The van der Waals surface area contributed by atoms with Crippen LogP contribution in [0.4, 0.5) is 17.3 Å². The monoisotopic (exact) mass is 272 g/mol. The van der Waals surface area contributed by atoms with E-state index < -0.39 is 0 Å². The minimum atomic E-state index is 0.625. The number of aromatic nitrogens is 2. The topological polar surface area (TPSA) is 59.1 Å². The number of methoxy groups -OCH3 is 1. The molecule has 0 saturated heterocycles. The first kappa shape index (κ1) is 14.1. The molecule has 1 aromatic carbocycles. The minimum Gasteiger partial charge on any atom is -0.490 e. The Morgan fingerprint density at radius 3 is 2.55 bits per heavy atom. The first-order chi connectivity index (χ1) is 9.80. The molecule has 20 heavy (non-hydrogen) atoms. The van der Waals surface area contributed by atoms with E-state index in [-0.39, 0.29) is 0 Å². The second kappa shape index (κ2) is 6.75. The van der Waals surface area contributed by atoms with Crippen LogP contribution in [0.5, 0.6) is 5.75 Å². The number of hydrogen-bond acceptors (Lipinski definition) is 5. The predicted octanol–water partition coefficient (Wildman–Crippen LogP) is 3.22. The fourth-order valence-corrected chi connectivity index (χ4v) is 2.03. The summed E-state index contributed by atoms with van der Waals surface area (Å²) in [7, 11) is 1.62. The molecule has 2 N–H and O–H groups in total. The first-order valence-electron chi connectivity index (χ1n) is 6.77. The van der Waals surface area contributed by atoms with Gasteiger partial charge in [-0.2, -0.15) is 0 Å². The Bertz CT molecular complexity index is 572. The largest absolute Gasteiger partial charge is 0.490 e. The molecule has 0 fully saturated rings. The van der Waals surface area contributed by atoms with Crippen LogP contribution in [0.3, 0.4) is 0 Å². The average Bonchev–Trinajstić information content (AvgIpc) is 2.48. The van der Waals surface area contributed by atoms with Crippen LogP contribution in [0.15, 0.2) is 30.6 Å². The van der Waals surface area contributed by atoms with Gasteiger partial charge in [0.25, 0.3) is 0 Å². The van der Waals surface area contributed by atoms with Crippen molar-refractivity contribution < 1.29 is 4.74 Å². The number of rotatable bonds is 6. The van der Waals surface area contributed by atoms with E-state index in [2.05, 4.69) is 33.6 Å². The molecule has 2 aromatic rings. The fourth-order valence-electron chi connectivity index (χ4n) is 2.03. The molecule has 0 aliphatic carbocycles. The molecule has 5 heteroatoms. The zero-order valence-electron chi connectivity index (χ0n) is 12.1. The molecule has 0 spiro atoms. The third-order valence-electron chi connectivity index (χ3n) is 3.00. The summed E-state index contributed by atoms with van der Waals surface area (Å²) in [6.45, 7) is 4.92. The van der Waals surface area contributed by atoms with Gasteiger partial charge in [0.2, 0.25) is 5.75 Å². The Hall–Kier alpha value is -2.30. The zero-order valence-corrected chi connectivity index (χ0v) is 12.1. The Labute approximate surface area is 119 Å². The summed E-state index contributed by atoms with van der Waals surface area (Å²) >= 11 is 0. The number of aryl methyl sites for hydroxylation is 1. The van der Waals surface area contributed by atoms with Gasteiger partial charge in [0, 0.05) is 12.2 Å². The molecule has 5 nitrogen and oxygen atoms in total. The predicted molar refractivity (Wildman–Crippen MR) is 81.9 cm³/mol. The lowest BCUT2D eigenvalue weighted by molar-refractivity contribution is 0.415. The highest BCUT2D eigenvalue weighted by Gasteiger charge is 2.12. The van der Waals surface area contributed by atoms with Gasteiger partial charge in [0.1, 0.15) is 6.33 Å². The molecule has 0 radical (unpaired) electrons. The van der Waals surface area contributed by atoms with Gasteiger partial charge < -0.3 is 15.4 Å². The van der Waals surface area contributed by atoms with Crippen molar-refractivity contribution in [3.63, 3.8) is 0 Å². The highest BCUT2D eigenvalue weighted by molar-refractivity contribution is 5.70. The van der Waals surface area contributed by atoms with E-state index in [9.17, 15) is 0 Å². The molecule has 2 rings (SSSR count). The van der Waals surface area contributed by atoms with Gasteiger partial charge in [0.05, 0.1) is 7.11 Å². The number of anilines is 3. The van der Waals surface area contributed by atoms with Crippen LogP contribution in [-0.2, 0) is 6.42 Å². The fraction of sp³-hybridized carbons (Fsp3) is 0.333. The van der Waals surface area contributed by atoms with Crippen LogP contribution < -0.4 is 15.4 Å². The van der Waals surface area contributed by atoms with Crippen molar-refractivity contribution in [3.05, 3.63) is 36.2 Å². The van der Waals surface area contributed by atoms with Crippen molar-refractivity contribution in [1.29, 1.82) is 0 Å². The number of nitrogens with one attached hydrogen (secondary N) is 2. The van der Waals surface area contributed by atoms with Gasteiger partial charge in [-0.1, -0.05) is 25.1 Å². The van der Waals surface area contributed by atoms with Crippen LogP contribution >= 0.6 is 0 Å². The standard InChI is InChI=1S/C15H20N4O/c1-4-11-8-6-7-9-12(11)19-15-13(20-3)14(16-5-2)17-10-18-15/h6-10H,4-5H2,1-3H3,(H2,16,17,18,19). The lowest BCUT2D eigenvalue weighted by Crippen LogP contribution is -2.06. The normalized spacial score (nSPS) is 10.2. The van der Waals surface area contributed by atoms with Crippen molar-refractivity contribution in [2.24, 2.45) is 0 Å². The van der Waals surface area contributed by atoms with Crippen LogP contribution in [0.25, 0.3) is 0 Å². The SMILES string of the molecule is CCNc1ncnc(Nc2ccccc2CC)c1OC. The molecule has 0 saturated carbocycles. The molecule has 0 bridgehead atoms. The van der Waals surface area contributed by atoms with E-state index in [1.807, 2.05) is 25.1 Å². The van der Waals surface area contributed by atoms with Crippen LogP contribution in [0.2, 0.25) is 0 Å². The number of hydrogen-bond donors (Lipinski definition) is 2. The van der Waals surface area contributed by atoms with Crippen molar-refractivity contribution in [2.45, 2.75) is 20.3 Å². The molecule has 1 aromatic heterocycles. The van der Waals surface area contributed by atoms with Crippen molar-refractivity contribution in [2.75, 3.05) is 24.3 Å². The molecule has 0 unspecified atom stereocenters. The zero-order chi connectivity index (χ0) is 14.4. The number of para-hydroxylation sites is 1. The van der Waals surface area contributed by atoms with Gasteiger partial charge in [-0.25, -0.2) is 9.97 Å². The summed E-state index contributed by atoms with van der Waals surface area (Å²) in [4.78, 5) is 8.47. The van der Waals surface area contributed by atoms with Gasteiger partial charge in [0.15, 0.2) is 11.6 Å². The van der Waals surface area contributed by atoms with Crippen LogP contribution in [0.1, 0.15) is 19.4 Å². The second-order valence-corrected chi connectivity index (χ2v) is 4.27. The van der Waals surface area contributed by atoms with Crippen molar-refractivity contribution >= 4 is 17.3 Å². The van der Waals surface area contributed by atoms with Gasteiger partial charge >= 0.3 is 0 Å². The van der Waals surface area contributed by atoms with E-state index in [1.54, 1.807) is 7.11 Å². The van der Waals surface area contributed by atoms with E-state index in [0.717, 1.165) is 18.7 Å². The van der Waals surface area contributed by atoms with E-state index in [4.69, 9.17) is 4.74 Å². The van der Waals surface area contributed by atoms with E-state index in [0.29, 0.717) is 17.4 Å². The van der Waals surface area contributed by atoms with Gasteiger partial charge in [-0.05, 0) is 25.0 Å². The Morgan fingerprint density at radius 1 is 1.10 bits per heavy atom. The first-order valence-corrected chi connectivity index (χ1v) is 6.77. The molecule has 0 aliphatic rings. The summed E-state index contributed by atoms with van der Waals surface area (Å²) in [5.41, 5.74) is 2.27. The number of benzene rings is 1. The summed E-state index contributed by atoms with van der Waals surface area (Å²) in [6.07, 6.45) is 2.48. The Morgan fingerprint density at radius 2 is 1.85 bits per heavy atom. The number of ether oxygens (including phenoxy) is 1. The third-order valence-corrected chi connectivity index (χ3v) is 3.00. The average molecular weight is 272 g/mol. The Balaban J connectivity index is 2.35. The van der Waals surface area contributed by atoms with Crippen molar-refractivity contribution in [3.8, 4) is 5.75 Å². The third kappa shape index (κ3) is 2.99. The highest BCUT2D eigenvalue weighted by atomic mass is 16.5. The lowest BCUT2D eigenvalue weighted by atomic mass is 10.1.